The molecule has 0 bridgehead atoms. The first-order valence-corrected chi connectivity index (χ1v) is 5.93. The Morgan fingerprint density at radius 2 is 2.12 bits per heavy atom. The number of carboxylic acid groups (broad SMARTS) is 1. The number of nitrogens with zero attached hydrogens (tertiary/aromatic N) is 1. The minimum atomic E-state index is -0.970. The summed E-state index contributed by atoms with van der Waals surface area (Å²) in [5.41, 5.74) is -0.970. The summed E-state index contributed by atoms with van der Waals surface area (Å²) < 4.78 is 0. The summed E-state index contributed by atoms with van der Waals surface area (Å²) in [5.74, 6) is 0.0249. The number of carbonyl (C=O) groups excluding carboxylic acids is 1. The molecule has 3 unspecified atom stereocenters. The maximum Gasteiger partial charge on any atom is 0.329 e. The molecule has 4 heteroatoms. The van der Waals surface area contributed by atoms with Crippen LogP contribution in [-0.2, 0) is 9.59 Å². The van der Waals surface area contributed by atoms with Crippen molar-refractivity contribution >= 4 is 12.4 Å². The first-order chi connectivity index (χ1) is 7.47. The Hall–Kier alpha value is -1.06. The highest BCUT2D eigenvalue weighted by Gasteiger charge is 2.47. The molecule has 0 heterocycles. The van der Waals surface area contributed by atoms with Gasteiger partial charge in [0, 0.05) is 6.54 Å². The predicted molar refractivity (Wildman–Crippen MR) is 61.0 cm³/mol. The molecule has 16 heavy (non-hydrogen) atoms. The number of rotatable bonds is 4. The van der Waals surface area contributed by atoms with Crippen molar-refractivity contribution in [2.24, 2.45) is 11.8 Å². The third-order valence-electron chi connectivity index (χ3n) is 4.06. The van der Waals surface area contributed by atoms with Gasteiger partial charge in [-0.05, 0) is 38.0 Å². The smallest absolute Gasteiger partial charge is 0.329 e. The number of carbonyl (C=O) groups is 2. The topological polar surface area (TPSA) is 57.6 Å². The normalized spacial score (nSPS) is 34.4. The lowest BCUT2D eigenvalue weighted by molar-refractivity contribution is -0.159. The van der Waals surface area contributed by atoms with Gasteiger partial charge in [-0.2, -0.15) is 0 Å². The predicted octanol–water partition coefficient (Wildman–Crippen LogP) is 1.74. The summed E-state index contributed by atoms with van der Waals surface area (Å²) in [6, 6.07) is 0. The molecule has 0 aromatic heterocycles. The van der Waals surface area contributed by atoms with Gasteiger partial charge in [0.05, 0.1) is 0 Å². The van der Waals surface area contributed by atoms with Crippen LogP contribution in [0.1, 0.15) is 40.0 Å². The highest BCUT2D eigenvalue weighted by molar-refractivity contribution is 5.81. The molecular weight excluding hydrogens is 206 g/mol. The zero-order chi connectivity index (χ0) is 12.3. The van der Waals surface area contributed by atoms with Crippen molar-refractivity contribution in [2.75, 3.05) is 6.54 Å². The van der Waals surface area contributed by atoms with Gasteiger partial charge in [0.1, 0.15) is 5.54 Å². The monoisotopic (exact) mass is 227 g/mol. The van der Waals surface area contributed by atoms with Crippen LogP contribution in [0.3, 0.4) is 0 Å². The fourth-order valence-electron chi connectivity index (χ4n) is 2.64. The Morgan fingerprint density at radius 1 is 1.50 bits per heavy atom. The Kier molecular flexibility index (Phi) is 3.94. The van der Waals surface area contributed by atoms with Gasteiger partial charge in [0.2, 0.25) is 6.41 Å². The maximum absolute atomic E-state index is 11.5. The van der Waals surface area contributed by atoms with E-state index in [9.17, 15) is 14.7 Å². The molecule has 0 saturated heterocycles. The number of hydrogen-bond donors (Lipinski definition) is 1. The molecule has 0 radical (unpaired) electrons. The van der Waals surface area contributed by atoms with Gasteiger partial charge >= 0.3 is 5.97 Å². The zero-order valence-corrected chi connectivity index (χ0v) is 10.3. The number of aliphatic carboxylic acids is 1. The van der Waals surface area contributed by atoms with E-state index in [0.717, 1.165) is 6.42 Å². The first-order valence-electron chi connectivity index (χ1n) is 5.93. The largest absolute Gasteiger partial charge is 0.479 e. The second kappa shape index (κ2) is 4.85. The van der Waals surface area contributed by atoms with E-state index in [1.807, 2.05) is 6.92 Å². The van der Waals surface area contributed by atoms with E-state index in [2.05, 4.69) is 13.8 Å². The van der Waals surface area contributed by atoms with Crippen molar-refractivity contribution in [3.63, 3.8) is 0 Å². The van der Waals surface area contributed by atoms with Crippen LogP contribution < -0.4 is 0 Å². The molecule has 1 fully saturated rings. The summed E-state index contributed by atoms with van der Waals surface area (Å²) in [6.07, 6.45) is 2.69. The second-order valence-corrected chi connectivity index (χ2v) is 4.93. The van der Waals surface area contributed by atoms with Crippen molar-refractivity contribution < 1.29 is 14.7 Å². The van der Waals surface area contributed by atoms with Gasteiger partial charge in [-0.3, -0.25) is 4.79 Å². The highest BCUT2D eigenvalue weighted by atomic mass is 16.4. The zero-order valence-electron chi connectivity index (χ0n) is 10.3. The van der Waals surface area contributed by atoms with E-state index in [-0.39, 0.29) is 0 Å². The molecule has 1 aliphatic carbocycles. The molecule has 4 nitrogen and oxygen atoms in total. The van der Waals surface area contributed by atoms with E-state index < -0.39 is 11.5 Å². The van der Waals surface area contributed by atoms with Gasteiger partial charge in [-0.15, -0.1) is 0 Å². The lowest BCUT2D eigenvalue weighted by Gasteiger charge is -2.45. The molecule has 3 atom stereocenters. The fraction of sp³-hybridized carbons (Fsp3) is 0.833. The van der Waals surface area contributed by atoms with Crippen LogP contribution in [-0.4, -0.2) is 34.5 Å². The van der Waals surface area contributed by atoms with Crippen LogP contribution in [0.25, 0.3) is 0 Å². The molecule has 0 aromatic carbocycles. The van der Waals surface area contributed by atoms with Crippen LogP contribution in [0, 0.1) is 11.8 Å². The van der Waals surface area contributed by atoms with Crippen LogP contribution in [0.15, 0.2) is 0 Å². The second-order valence-electron chi connectivity index (χ2n) is 4.93. The summed E-state index contributed by atoms with van der Waals surface area (Å²) in [5, 5.41) is 9.42. The van der Waals surface area contributed by atoms with Crippen molar-refractivity contribution in [1.29, 1.82) is 0 Å². The van der Waals surface area contributed by atoms with Crippen molar-refractivity contribution in [3.8, 4) is 0 Å². The van der Waals surface area contributed by atoms with Gasteiger partial charge in [0.15, 0.2) is 0 Å². The number of carboxylic acids is 1. The average molecular weight is 227 g/mol. The third kappa shape index (κ3) is 2.06. The molecule has 0 aliphatic heterocycles. The van der Waals surface area contributed by atoms with E-state index in [4.69, 9.17) is 0 Å². The summed E-state index contributed by atoms with van der Waals surface area (Å²) >= 11 is 0. The van der Waals surface area contributed by atoms with Gasteiger partial charge in [0.25, 0.3) is 0 Å². The third-order valence-corrected chi connectivity index (χ3v) is 4.06. The molecule has 1 saturated carbocycles. The lowest BCUT2D eigenvalue weighted by atomic mass is 9.70. The maximum atomic E-state index is 11.5. The first kappa shape index (κ1) is 13.0. The van der Waals surface area contributed by atoms with E-state index in [1.165, 1.54) is 4.90 Å². The number of amides is 1. The van der Waals surface area contributed by atoms with Crippen LogP contribution >= 0.6 is 0 Å². The van der Waals surface area contributed by atoms with Crippen molar-refractivity contribution in [1.82, 2.24) is 4.90 Å². The molecule has 0 spiro atoms. The summed E-state index contributed by atoms with van der Waals surface area (Å²) in [4.78, 5) is 23.9. The minimum Gasteiger partial charge on any atom is -0.479 e. The number of likely N-dealkylation sites (N-methyl/N-ethyl adjacent to an activating group) is 1. The van der Waals surface area contributed by atoms with Gasteiger partial charge < -0.3 is 10.0 Å². The van der Waals surface area contributed by atoms with Crippen LogP contribution in [0.4, 0.5) is 0 Å². The lowest BCUT2D eigenvalue weighted by Crippen LogP contribution is -2.57. The molecule has 1 N–H and O–H groups in total. The highest BCUT2D eigenvalue weighted by Crippen LogP contribution is 2.39. The Labute approximate surface area is 96.6 Å². The molecule has 1 rings (SSSR count). The number of hydrogen-bond acceptors (Lipinski definition) is 2. The Bertz CT molecular complexity index is 279. The summed E-state index contributed by atoms with van der Waals surface area (Å²) in [7, 11) is 0. The molecule has 1 amide bonds. The average Bonchev–Trinajstić information content (AvgIpc) is 2.24. The SMILES string of the molecule is CCN(C=O)C1(C(=O)O)CCC(C)C(C)C1. The molecule has 1 aliphatic rings. The van der Waals surface area contributed by atoms with E-state index in [1.54, 1.807) is 0 Å². The standard InChI is InChI=1S/C12H21NO3/c1-4-13(8-14)12(11(15)16)6-5-9(2)10(3)7-12/h8-10H,4-7H2,1-3H3,(H,15,16). The molecular formula is C12H21NO3. The van der Waals surface area contributed by atoms with Crippen LogP contribution in [0.2, 0.25) is 0 Å². The van der Waals surface area contributed by atoms with Gasteiger partial charge in [-0.25, -0.2) is 4.79 Å². The minimum absolute atomic E-state index is 0.346. The van der Waals surface area contributed by atoms with E-state index in [0.29, 0.717) is 37.6 Å². The van der Waals surface area contributed by atoms with Crippen molar-refractivity contribution in [3.05, 3.63) is 0 Å². The molecule has 92 valence electrons. The van der Waals surface area contributed by atoms with Gasteiger partial charge in [-0.1, -0.05) is 13.8 Å². The Morgan fingerprint density at radius 3 is 2.50 bits per heavy atom. The van der Waals surface area contributed by atoms with Crippen LogP contribution in [0.5, 0.6) is 0 Å². The molecule has 0 aromatic rings. The summed E-state index contributed by atoms with van der Waals surface area (Å²) in [6.45, 7) is 6.49. The quantitative estimate of drug-likeness (QED) is 0.744. The fourth-order valence-corrected chi connectivity index (χ4v) is 2.64. The Balaban J connectivity index is 2.98. The van der Waals surface area contributed by atoms with Crippen molar-refractivity contribution in [2.45, 2.75) is 45.6 Å². The van der Waals surface area contributed by atoms with E-state index >= 15 is 0 Å².